The third-order valence-electron chi connectivity index (χ3n) is 13.7. The van der Waals surface area contributed by atoms with Crippen LogP contribution in [0.5, 0.6) is 0 Å². The van der Waals surface area contributed by atoms with E-state index in [9.17, 15) is 66.1 Å². The monoisotopic (exact) mass is 986 g/mol. The summed E-state index contributed by atoms with van der Waals surface area (Å²) in [7, 11) is 0. The molecule has 0 aromatic rings. The van der Waals surface area contributed by atoms with Crippen LogP contribution in [0, 0.1) is 5.92 Å². The number of rotatable bonds is 36. The van der Waals surface area contributed by atoms with Crippen molar-refractivity contribution in [3.8, 4) is 0 Å². The number of hydrogen-bond acceptors (Lipinski definition) is 19. The summed E-state index contributed by atoms with van der Waals surface area (Å²) >= 11 is 0. The smallest absolute Gasteiger partial charge is 0.223 e. The van der Waals surface area contributed by atoms with E-state index >= 15 is 0 Å². The minimum atomic E-state index is -1.96. The average molecular weight is 986 g/mol. The maximum Gasteiger partial charge on any atom is 0.223 e. The highest BCUT2D eigenvalue weighted by Gasteiger charge is 2.50. The Labute approximate surface area is 403 Å². The zero-order chi connectivity index (χ0) is 50.1. The quantitative estimate of drug-likeness (QED) is 0.0381. The number of aliphatic hydroxyl groups excluding tert-OH is 12. The second-order valence-electron chi connectivity index (χ2n) is 19.4. The molecule has 68 heavy (non-hydrogen) atoms. The molecule has 0 radical (unpaired) electrons. The van der Waals surface area contributed by atoms with E-state index in [1.54, 1.807) is 0 Å². The summed E-state index contributed by atoms with van der Waals surface area (Å²) in [6, 6.07) is 0. The highest BCUT2D eigenvalue weighted by molar-refractivity contribution is 5.79. The molecule has 0 aromatic heterocycles. The van der Waals surface area contributed by atoms with Gasteiger partial charge in [-0.1, -0.05) is 142 Å². The van der Waals surface area contributed by atoms with Crippen molar-refractivity contribution in [1.82, 2.24) is 5.32 Å². The Bertz CT molecular complexity index is 1180. The Morgan fingerprint density at radius 1 is 0.426 bits per heavy atom. The number of ether oxygens (including phenoxy) is 6. The number of carbonyl (C=O) groups is 1. The van der Waals surface area contributed by atoms with Gasteiger partial charge in [0.2, 0.25) is 5.91 Å². The number of nitrogens with one attached hydrogen (secondary N) is 1. The molecule has 20 nitrogen and oxygen atoms in total. The van der Waals surface area contributed by atoms with Gasteiger partial charge in [0.05, 0.1) is 39.6 Å². The van der Waals surface area contributed by atoms with Gasteiger partial charge in [-0.3, -0.25) is 4.79 Å². The first kappa shape index (κ1) is 61.1. The number of hydrogen-bond donors (Lipinski definition) is 13. The fraction of sp³-hybridized carbons (Fsp3) is 0.979. The number of carbonyl (C=O) groups excluding carboxylic acids is 1. The van der Waals surface area contributed by atoms with E-state index in [0.29, 0.717) is 12.8 Å². The van der Waals surface area contributed by atoms with Crippen molar-refractivity contribution in [1.29, 1.82) is 0 Å². The molecule has 1 amide bonds. The summed E-state index contributed by atoms with van der Waals surface area (Å²) in [5.41, 5.74) is -1.96. The molecule has 0 spiro atoms. The third-order valence-corrected chi connectivity index (χ3v) is 13.7. The molecule has 402 valence electrons. The van der Waals surface area contributed by atoms with Crippen LogP contribution in [0.4, 0.5) is 0 Å². The van der Waals surface area contributed by atoms with E-state index in [1.807, 2.05) is 0 Å². The van der Waals surface area contributed by atoms with E-state index in [4.69, 9.17) is 28.4 Å². The van der Waals surface area contributed by atoms with Gasteiger partial charge in [0.1, 0.15) is 78.8 Å². The van der Waals surface area contributed by atoms with E-state index in [-0.39, 0.29) is 0 Å². The fourth-order valence-electron chi connectivity index (χ4n) is 9.10. The Balaban J connectivity index is 1.94. The van der Waals surface area contributed by atoms with Crippen LogP contribution in [0.3, 0.4) is 0 Å². The van der Waals surface area contributed by atoms with Crippen LogP contribution in [0.2, 0.25) is 0 Å². The Morgan fingerprint density at radius 2 is 0.691 bits per heavy atom. The molecule has 3 aliphatic heterocycles. The van der Waals surface area contributed by atoms with Crippen molar-refractivity contribution in [2.45, 2.75) is 253 Å². The lowest BCUT2D eigenvalue weighted by Crippen LogP contribution is -2.65. The SMILES string of the molecule is CCCCCCCCCCCCC(CCCCCCCCCCCC)C(=O)NC(CO[C@@H]1OC(CO)[C@@H](O)[C@H](O)C1O)(CO[C@@H]1OC(CO)[C@@H](O)[C@H](O)C1O)CO[C@@H]1OC(CO)[C@@H](O)[C@H](O)C1O. The van der Waals surface area contributed by atoms with Gasteiger partial charge in [-0.05, 0) is 12.8 Å². The second-order valence-corrected chi connectivity index (χ2v) is 19.4. The fourth-order valence-corrected chi connectivity index (χ4v) is 9.10. The molecular formula is C48H91NO19. The molecule has 3 aliphatic rings. The summed E-state index contributed by atoms with van der Waals surface area (Å²) in [6.45, 7) is -0.0543. The minimum absolute atomic E-state index is 0.468. The van der Waals surface area contributed by atoms with Crippen LogP contribution in [-0.4, -0.2) is 204 Å². The lowest BCUT2D eigenvalue weighted by Gasteiger charge is -2.45. The molecule has 0 saturated carbocycles. The van der Waals surface area contributed by atoms with E-state index < -0.39 is 149 Å². The predicted molar refractivity (Wildman–Crippen MR) is 246 cm³/mol. The van der Waals surface area contributed by atoms with E-state index in [1.165, 1.54) is 64.2 Å². The topological polar surface area (TPSA) is 327 Å². The molecular weight excluding hydrogens is 895 g/mol. The minimum Gasteiger partial charge on any atom is -0.394 e. The van der Waals surface area contributed by atoms with Crippen LogP contribution in [0.1, 0.15) is 155 Å². The first-order chi connectivity index (χ1) is 32.7. The van der Waals surface area contributed by atoms with Gasteiger partial charge in [0, 0.05) is 5.92 Å². The van der Waals surface area contributed by atoms with Gasteiger partial charge < -0.3 is 95.0 Å². The second kappa shape index (κ2) is 33.5. The number of amides is 1. The first-order valence-corrected chi connectivity index (χ1v) is 25.8. The maximum atomic E-state index is 14.8. The zero-order valence-electron chi connectivity index (χ0n) is 40.8. The normalized spacial score (nSPS) is 33.2. The molecule has 13 N–H and O–H groups in total. The van der Waals surface area contributed by atoms with E-state index in [0.717, 1.165) is 64.2 Å². The van der Waals surface area contributed by atoms with E-state index in [2.05, 4.69) is 19.2 Å². The molecule has 6 unspecified atom stereocenters. The number of unbranched alkanes of at least 4 members (excludes halogenated alkanes) is 18. The molecule has 15 atom stereocenters. The van der Waals surface area contributed by atoms with Crippen LogP contribution in [-0.2, 0) is 33.2 Å². The van der Waals surface area contributed by atoms with Gasteiger partial charge >= 0.3 is 0 Å². The van der Waals surface area contributed by atoms with Crippen LogP contribution >= 0.6 is 0 Å². The molecule has 3 heterocycles. The van der Waals surface area contributed by atoms with Crippen molar-refractivity contribution < 1.29 is 94.5 Å². The van der Waals surface area contributed by atoms with Gasteiger partial charge in [-0.15, -0.1) is 0 Å². The summed E-state index contributed by atoms with van der Waals surface area (Å²) < 4.78 is 34.9. The maximum absolute atomic E-state index is 14.8. The van der Waals surface area contributed by atoms with Gasteiger partial charge in [-0.2, -0.15) is 0 Å². The Kier molecular flexibility index (Phi) is 30.1. The van der Waals surface area contributed by atoms with Crippen molar-refractivity contribution in [2.24, 2.45) is 5.92 Å². The molecule has 3 rings (SSSR count). The lowest BCUT2D eigenvalue weighted by atomic mass is 9.91. The van der Waals surface area contributed by atoms with Crippen LogP contribution in [0.15, 0.2) is 0 Å². The van der Waals surface area contributed by atoms with Crippen molar-refractivity contribution in [3.05, 3.63) is 0 Å². The Morgan fingerprint density at radius 3 is 0.956 bits per heavy atom. The van der Waals surface area contributed by atoms with Crippen LogP contribution in [0.25, 0.3) is 0 Å². The molecule has 0 bridgehead atoms. The van der Waals surface area contributed by atoms with Crippen LogP contribution < -0.4 is 5.32 Å². The Hall–Kier alpha value is -1.25. The van der Waals surface area contributed by atoms with Gasteiger partial charge in [-0.25, -0.2) is 0 Å². The van der Waals surface area contributed by atoms with Crippen molar-refractivity contribution in [2.75, 3.05) is 39.6 Å². The van der Waals surface area contributed by atoms with Gasteiger partial charge in [0.25, 0.3) is 0 Å². The molecule has 3 fully saturated rings. The zero-order valence-corrected chi connectivity index (χ0v) is 40.8. The number of aliphatic hydroxyl groups is 12. The lowest BCUT2D eigenvalue weighted by molar-refractivity contribution is -0.324. The highest BCUT2D eigenvalue weighted by Crippen LogP contribution is 2.29. The highest BCUT2D eigenvalue weighted by atomic mass is 16.7. The van der Waals surface area contributed by atoms with Crippen molar-refractivity contribution >= 4 is 5.91 Å². The standard InChI is InChI=1S/C48H91NO19/c1-3-5-7-9-11-13-15-17-19-21-23-31(24-22-20-18-16-14-12-10-8-6-4-2)44(62)49-48(28-63-45-41(59)38(56)35(53)32(25-50)66-45,29-64-46-42(60)39(57)36(54)33(26-51)67-46)30-65-47-43(61)40(58)37(55)34(27-52)68-47/h31-43,45-47,50-61H,3-30H2,1-2H3,(H,49,62)/t32?,33?,34?,35-,36-,37-,38+,39+,40+,41?,42?,43?,45-,46-,47-,48?/m1/s1. The molecule has 0 aromatic carbocycles. The summed E-state index contributed by atoms with van der Waals surface area (Å²) in [5, 5.41) is 129. The summed E-state index contributed by atoms with van der Waals surface area (Å²) in [4.78, 5) is 14.8. The van der Waals surface area contributed by atoms with Crippen molar-refractivity contribution in [3.63, 3.8) is 0 Å². The summed E-state index contributed by atoms with van der Waals surface area (Å²) in [5.74, 6) is -1.02. The third kappa shape index (κ3) is 19.6. The predicted octanol–water partition coefficient (Wildman–Crippen LogP) is 0.529. The largest absolute Gasteiger partial charge is 0.394 e. The summed E-state index contributed by atoms with van der Waals surface area (Å²) in [6.07, 6.45) is -2.60. The molecule has 20 heteroatoms. The molecule has 3 saturated heterocycles. The average Bonchev–Trinajstić information content (AvgIpc) is 3.33. The first-order valence-electron chi connectivity index (χ1n) is 25.8. The molecule has 0 aliphatic carbocycles. The van der Waals surface area contributed by atoms with Gasteiger partial charge in [0.15, 0.2) is 18.9 Å².